The summed E-state index contributed by atoms with van der Waals surface area (Å²) in [4.78, 5) is 10.9. The van der Waals surface area contributed by atoms with E-state index in [2.05, 4.69) is 0 Å². The van der Waals surface area contributed by atoms with Gasteiger partial charge in [0.1, 0.15) is 5.76 Å². The Labute approximate surface area is 71.5 Å². The summed E-state index contributed by atoms with van der Waals surface area (Å²) < 4.78 is 4.94. The molecule has 0 saturated heterocycles. The molecular weight excluding hydrogens is 152 g/mol. The maximum atomic E-state index is 10.9. The molecule has 0 unspecified atom stereocenters. The lowest BCUT2D eigenvalue weighted by Crippen LogP contribution is -1.97. The minimum absolute atomic E-state index is 0.289. The van der Waals surface area contributed by atoms with Crippen LogP contribution in [0, 0.1) is 6.92 Å². The van der Waals surface area contributed by atoms with Gasteiger partial charge in [-0.2, -0.15) is 0 Å². The van der Waals surface area contributed by atoms with Crippen molar-refractivity contribution in [1.82, 2.24) is 0 Å². The third-order valence-corrected chi connectivity index (χ3v) is 1.36. The van der Waals surface area contributed by atoms with Gasteiger partial charge in [-0.25, -0.2) is 4.79 Å². The highest BCUT2D eigenvalue weighted by molar-refractivity contribution is 5.46. The Morgan fingerprint density at radius 1 is 1.42 bits per heavy atom. The summed E-state index contributed by atoms with van der Waals surface area (Å²) in [5.41, 5.74) is 1.75. The van der Waals surface area contributed by atoms with Crippen molar-refractivity contribution in [3.8, 4) is 0 Å². The molecule has 1 aromatic heterocycles. The largest absolute Gasteiger partial charge is 0.423 e. The molecule has 0 bridgehead atoms. The maximum Gasteiger partial charge on any atom is 0.336 e. The van der Waals surface area contributed by atoms with Crippen molar-refractivity contribution in [1.29, 1.82) is 0 Å². The summed E-state index contributed by atoms with van der Waals surface area (Å²) in [6.07, 6.45) is 1.84. The fourth-order valence-electron chi connectivity index (χ4n) is 0.983. The van der Waals surface area contributed by atoms with Crippen LogP contribution in [0.4, 0.5) is 0 Å². The summed E-state index contributed by atoms with van der Waals surface area (Å²) in [7, 11) is 0. The SMILES string of the molecule is CC(C)=Cc1cc(C)cc(=O)o1. The van der Waals surface area contributed by atoms with Crippen LogP contribution >= 0.6 is 0 Å². The molecule has 0 aromatic carbocycles. The summed E-state index contributed by atoms with van der Waals surface area (Å²) in [6, 6.07) is 3.32. The van der Waals surface area contributed by atoms with Crippen LogP contribution in [0.5, 0.6) is 0 Å². The highest BCUT2D eigenvalue weighted by Gasteiger charge is 1.94. The molecule has 1 rings (SSSR count). The zero-order chi connectivity index (χ0) is 9.14. The van der Waals surface area contributed by atoms with E-state index in [0.717, 1.165) is 11.1 Å². The van der Waals surface area contributed by atoms with Crippen molar-refractivity contribution in [2.45, 2.75) is 20.8 Å². The van der Waals surface area contributed by atoms with Gasteiger partial charge in [0.2, 0.25) is 0 Å². The molecule has 0 spiro atoms. The summed E-state index contributed by atoms with van der Waals surface area (Å²) in [5.74, 6) is 0.625. The molecule has 0 aliphatic heterocycles. The molecule has 0 radical (unpaired) electrons. The monoisotopic (exact) mass is 164 g/mol. The first-order valence-corrected chi connectivity index (χ1v) is 3.84. The summed E-state index contributed by atoms with van der Waals surface area (Å²) >= 11 is 0. The molecule has 1 heterocycles. The summed E-state index contributed by atoms with van der Waals surface area (Å²) in [5, 5.41) is 0. The first-order valence-electron chi connectivity index (χ1n) is 3.84. The predicted octanol–water partition coefficient (Wildman–Crippen LogP) is 2.37. The Kier molecular flexibility index (Phi) is 2.48. The van der Waals surface area contributed by atoms with Gasteiger partial charge in [0.25, 0.3) is 0 Å². The van der Waals surface area contributed by atoms with E-state index >= 15 is 0 Å². The van der Waals surface area contributed by atoms with Gasteiger partial charge < -0.3 is 4.42 Å². The molecule has 0 aliphatic rings. The molecule has 12 heavy (non-hydrogen) atoms. The van der Waals surface area contributed by atoms with Gasteiger partial charge in [-0.15, -0.1) is 0 Å². The molecule has 2 nitrogen and oxygen atoms in total. The third kappa shape index (κ3) is 2.38. The lowest BCUT2D eigenvalue weighted by Gasteiger charge is -1.94. The zero-order valence-corrected chi connectivity index (χ0v) is 7.55. The second-order valence-corrected chi connectivity index (χ2v) is 3.08. The minimum atomic E-state index is -0.289. The third-order valence-electron chi connectivity index (χ3n) is 1.36. The van der Waals surface area contributed by atoms with Crippen molar-refractivity contribution in [3.05, 3.63) is 39.4 Å². The molecule has 2 heteroatoms. The van der Waals surface area contributed by atoms with Crippen molar-refractivity contribution >= 4 is 6.08 Å². The van der Waals surface area contributed by atoms with E-state index in [1.54, 1.807) is 0 Å². The maximum absolute atomic E-state index is 10.9. The van der Waals surface area contributed by atoms with Crippen molar-refractivity contribution in [3.63, 3.8) is 0 Å². The molecular formula is C10H12O2. The lowest BCUT2D eigenvalue weighted by molar-refractivity contribution is 0.499. The van der Waals surface area contributed by atoms with Gasteiger partial charge >= 0.3 is 5.63 Å². The van der Waals surface area contributed by atoms with Crippen molar-refractivity contribution in [2.24, 2.45) is 0 Å². The summed E-state index contributed by atoms with van der Waals surface area (Å²) in [6.45, 7) is 5.80. The number of rotatable bonds is 1. The molecule has 0 amide bonds. The Balaban J connectivity index is 3.18. The van der Waals surface area contributed by atoms with Crippen LogP contribution < -0.4 is 5.63 Å². The van der Waals surface area contributed by atoms with E-state index in [-0.39, 0.29) is 5.63 Å². The van der Waals surface area contributed by atoms with Crippen LogP contribution in [0.1, 0.15) is 25.2 Å². The number of hydrogen-bond acceptors (Lipinski definition) is 2. The second-order valence-electron chi connectivity index (χ2n) is 3.08. The molecule has 0 saturated carbocycles. The Morgan fingerprint density at radius 2 is 2.08 bits per heavy atom. The molecule has 0 N–H and O–H groups in total. The van der Waals surface area contributed by atoms with Gasteiger partial charge in [0.15, 0.2) is 0 Å². The molecule has 64 valence electrons. The number of aryl methyl sites for hydroxylation is 1. The van der Waals surface area contributed by atoms with Crippen LogP contribution in [0.3, 0.4) is 0 Å². The highest BCUT2D eigenvalue weighted by atomic mass is 16.4. The number of allylic oxidation sites excluding steroid dienone is 1. The highest BCUT2D eigenvalue weighted by Crippen LogP contribution is 2.05. The minimum Gasteiger partial charge on any atom is -0.423 e. The van der Waals surface area contributed by atoms with Crippen LogP contribution in [0.2, 0.25) is 0 Å². The lowest BCUT2D eigenvalue weighted by atomic mass is 10.2. The zero-order valence-electron chi connectivity index (χ0n) is 7.55. The van der Waals surface area contributed by atoms with E-state index < -0.39 is 0 Å². The molecule has 1 aromatic rings. The van der Waals surface area contributed by atoms with Gasteiger partial charge in [0.05, 0.1) is 0 Å². The second kappa shape index (κ2) is 3.39. The fourth-order valence-corrected chi connectivity index (χ4v) is 0.983. The smallest absolute Gasteiger partial charge is 0.336 e. The van der Waals surface area contributed by atoms with Gasteiger partial charge in [-0.1, -0.05) is 5.57 Å². The Bertz CT molecular complexity index is 354. The van der Waals surface area contributed by atoms with Crippen LogP contribution in [-0.4, -0.2) is 0 Å². The molecule has 0 fully saturated rings. The standard InChI is InChI=1S/C10H12O2/c1-7(2)4-9-5-8(3)6-10(11)12-9/h4-6H,1-3H3. The van der Waals surface area contributed by atoms with Crippen LogP contribution in [0.25, 0.3) is 6.08 Å². The first kappa shape index (κ1) is 8.78. The quantitative estimate of drug-likeness (QED) is 0.637. The van der Waals surface area contributed by atoms with Crippen LogP contribution in [-0.2, 0) is 0 Å². The van der Waals surface area contributed by atoms with Crippen molar-refractivity contribution < 1.29 is 4.42 Å². The van der Waals surface area contributed by atoms with E-state index in [0.29, 0.717) is 5.76 Å². The Morgan fingerprint density at radius 3 is 2.58 bits per heavy atom. The average Bonchev–Trinajstić information content (AvgIpc) is 1.81. The number of hydrogen-bond donors (Lipinski definition) is 0. The molecule has 0 atom stereocenters. The Hall–Kier alpha value is -1.31. The average molecular weight is 164 g/mol. The molecule has 0 aliphatic carbocycles. The van der Waals surface area contributed by atoms with E-state index in [4.69, 9.17) is 4.42 Å². The van der Waals surface area contributed by atoms with E-state index in [9.17, 15) is 4.79 Å². The normalized spacial score (nSPS) is 9.58. The van der Waals surface area contributed by atoms with Gasteiger partial charge in [0, 0.05) is 6.07 Å². The van der Waals surface area contributed by atoms with E-state index in [1.807, 2.05) is 32.9 Å². The predicted molar refractivity (Wildman–Crippen MR) is 49.0 cm³/mol. The fraction of sp³-hybridized carbons (Fsp3) is 0.300. The van der Waals surface area contributed by atoms with Crippen molar-refractivity contribution in [2.75, 3.05) is 0 Å². The van der Waals surface area contributed by atoms with Crippen LogP contribution in [0.15, 0.2) is 26.9 Å². The van der Waals surface area contributed by atoms with Gasteiger partial charge in [-0.05, 0) is 38.5 Å². The topological polar surface area (TPSA) is 30.2 Å². The van der Waals surface area contributed by atoms with Gasteiger partial charge in [-0.3, -0.25) is 0 Å². The van der Waals surface area contributed by atoms with E-state index in [1.165, 1.54) is 6.07 Å². The first-order chi connectivity index (χ1) is 5.58.